The summed E-state index contributed by atoms with van der Waals surface area (Å²) in [5.41, 5.74) is 0.845. The highest BCUT2D eigenvalue weighted by molar-refractivity contribution is 5.53. The average Bonchev–Trinajstić information content (AvgIpc) is 2.42. The van der Waals surface area contributed by atoms with Gasteiger partial charge in [-0.2, -0.15) is 0 Å². The Kier molecular flexibility index (Phi) is 1.85. The molecule has 1 aromatic rings. The van der Waals surface area contributed by atoms with E-state index in [0.29, 0.717) is 11.1 Å². The number of alkyl halides is 2. The van der Waals surface area contributed by atoms with Gasteiger partial charge in [0.15, 0.2) is 11.5 Å². The number of aliphatic hydroxyl groups excluding tert-OH is 1. The Balaban J connectivity index is 2.53. The van der Waals surface area contributed by atoms with Crippen LogP contribution in [0.15, 0.2) is 12.1 Å². The van der Waals surface area contributed by atoms with Gasteiger partial charge in [0.2, 0.25) is 0 Å². The van der Waals surface area contributed by atoms with Gasteiger partial charge >= 0.3 is 6.29 Å². The smallest absolute Gasteiger partial charge is 0.395 e. The van der Waals surface area contributed by atoms with Crippen LogP contribution in [0.1, 0.15) is 11.1 Å². The van der Waals surface area contributed by atoms with Crippen LogP contribution in [0.25, 0.3) is 0 Å². The summed E-state index contributed by atoms with van der Waals surface area (Å²) in [6, 6.07) is 3.12. The summed E-state index contributed by atoms with van der Waals surface area (Å²) >= 11 is 0. The normalized spacial score (nSPS) is 17.1. The van der Waals surface area contributed by atoms with E-state index in [1.165, 1.54) is 6.07 Å². The van der Waals surface area contributed by atoms with Crippen molar-refractivity contribution in [3.63, 3.8) is 0 Å². The zero-order valence-electron chi connectivity index (χ0n) is 7.38. The summed E-state index contributed by atoms with van der Waals surface area (Å²) in [6.07, 6.45) is -3.63. The summed E-state index contributed by atoms with van der Waals surface area (Å²) in [5, 5.41) is 8.88. The van der Waals surface area contributed by atoms with Crippen molar-refractivity contribution in [2.45, 2.75) is 19.8 Å². The molecule has 0 saturated heterocycles. The molecule has 0 spiro atoms. The van der Waals surface area contributed by atoms with E-state index in [2.05, 4.69) is 9.47 Å². The fourth-order valence-corrected chi connectivity index (χ4v) is 1.32. The molecule has 5 heteroatoms. The Morgan fingerprint density at radius 1 is 1.29 bits per heavy atom. The number of benzene rings is 1. The Bertz CT molecular complexity index is 377. The summed E-state index contributed by atoms with van der Waals surface area (Å²) in [5.74, 6) is -0.0703. The topological polar surface area (TPSA) is 38.7 Å². The second-order valence-electron chi connectivity index (χ2n) is 3.03. The Morgan fingerprint density at radius 3 is 2.57 bits per heavy atom. The highest BCUT2D eigenvalue weighted by atomic mass is 19.3. The third kappa shape index (κ3) is 1.29. The molecular formula is C9H8F2O3. The molecule has 0 fully saturated rings. The molecule has 2 rings (SSSR count). The highest BCUT2D eigenvalue weighted by Crippen LogP contribution is 2.45. The third-order valence-corrected chi connectivity index (χ3v) is 2.00. The first-order valence-electron chi connectivity index (χ1n) is 4.02. The standard InChI is InChI=1S/C9H8F2O3/c1-5-2-3-6(4-12)8-7(5)13-9(10,11)14-8/h2-3,12H,4H2,1H3. The van der Waals surface area contributed by atoms with E-state index in [-0.39, 0.29) is 18.1 Å². The van der Waals surface area contributed by atoms with Crippen LogP contribution in [0.4, 0.5) is 8.78 Å². The van der Waals surface area contributed by atoms with Gasteiger partial charge in [-0.25, -0.2) is 0 Å². The molecule has 1 aliphatic rings. The average molecular weight is 202 g/mol. The number of aryl methyl sites for hydroxylation is 1. The molecule has 0 aliphatic carbocycles. The Labute approximate surface area is 78.9 Å². The summed E-state index contributed by atoms with van der Waals surface area (Å²) in [7, 11) is 0. The zero-order valence-corrected chi connectivity index (χ0v) is 7.38. The first kappa shape index (κ1) is 9.21. The lowest BCUT2D eigenvalue weighted by Crippen LogP contribution is -2.26. The maximum Gasteiger partial charge on any atom is 0.586 e. The van der Waals surface area contributed by atoms with Crippen molar-refractivity contribution >= 4 is 0 Å². The predicted octanol–water partition coefficient (Wildman–Crippen LogP) is 1.81. The van der Waals surface area contributed by atoms with Crippen LogP contribution >= 0.6 is 0 Å². The van der Waals surface area contributed by atoms with E-state index in [1.807, 2.05) is 0 Å². The minimum atomic E-state index is -3.63. The quantitative estimate of drug-likeness (QED) is 0.754. The number of rotatable bonds is 1. The van der Waals surface area contributed by atoms with Gasteiger partial charge < -0.3 is 14.6 Å². The molecule has 0 saturated carbocycles. The minimum absolute atomic E-state index is 0.00144. The number of hydrogen-bond acceptors (Lipinski definition) is 3. The van der Waals surface area contributed by atoms with E-state index in [9.17, 15) is 8.78 Å². The van der Waals surface area contributed by atoms with Crippen molar-refractivity contribution < 1.29 is 23.4 Å². The summed E-state index contributed by atoms with van der Waals surface area (Å²) in [4.78, 5) is 0. The van der Waals surface area contributed by atoms with Crippen LogP contribution < -0.4 is 9.47 Å². The number of fused-ring (bicyclic) bond motifs is 1. The lowest BCUT2D eigenvalue weighted by molar-refractivity contribution is -0.287. The molecule has 0 unspecified atom stereocenters. The molecule has 0 atom stereocenters. The molecule has 0 radical (unpaired) electrons. The largest absolute Gasteiger partial charge is 0.586 e. The van der Waals surface area contributed by atoms with Gasteiger partial charge in [-0.05, 0) is 12.5 Å². The van der Waals surface area contributed by atoms with E-state index in [0.717, 1.165) is 0 Å². The maximum atomic E-state index is 12.7. The first-order chi connectivity index (χ1) is 6.53. The number of halogens is 2. The minimum Gasteiger partial charge on any atom is -0.395 e. The number of hydrogen-bond donors (Lipinski definition) is 1. The van der Waals surface area contributed by atoms with Crippen LogP contribution in [-0.4, -0.2) is 11.4 Å². The molecule has 14 heavy (non-hydrogen) atoms. The van der Waals surface area contributed by atoms with E-state index >= 15 is 0 Å². The molecule has 1 N–H and O–H groups in total. The fourth-order valence-electron chi connectivity index (χ4n) is 1.32. The Hall–Kier alpha value is -1.36. The van der Waals surface area contributed by atoms with Crippen molar-refractivity contribution in [3.8, 4) is 11.5 Å². The van der Waals surface area contributed by atoms with Gasteiger partial charge in [-0.1, -0.05) is 12.1 Å². The molecule has 1 aliphatic heterocycles. The lowest BCUT2D eigenvalue weighted by Gasteiger charge is -2.05. The molecule has 76 valence electrons. The van der Waals surface area contributed by atoms with Gasteiger partial charge in [-0.15, -0.1) is 8.78 Å². The van der Waals surface area contributed by atoms with E-state index in [1.54, 1.807) is 13.0 Å². The Morgan fingerprint density at radius 2 is 1.93 bits per heavy atom. The molecule has 0 amide bonds. The molecule has 0 aromatic heterocycles. The third-order valence-electron chi connectivity index (χ3n) is 2.00. The second kappa shape index (κ2) is 2.81. The van der Waals surface area contributed by atoms with Crippen LogP contribution in [0.5, 0.6) is 11.5 Å². The number of ether oxygens (including phenoxy) is 2. The van der Waals surface area contributed by atoms with Crippen LogP contribution in [0, 0.1) is 6.92 Å². The molecule has 1 aromatic carbocycles. The van der Waals surface area contributed by atoms with Crippen LogP contribution in [0.3, 0.4) is 0 Å². The fraction of sp³-hybridized carbons (Fsp3) is 0.333. The monoisotopic (exact) mass is 202 g/mol. The summed E-state index contributed by atoms with van der Waals surface area (Å²) in [6.45, 7) is 1.27. The van der Waals surface area contributed by atoms with Gasteiger partial charge in [-0.3, -0.25) is 0 Å². The predicted molar refractivity (Wildman–Crippen MR) is 43.3 cm³/mol. The van der Waals surface area contributed by atoms with Gasteiger partial charge in [0.05, 0.1) is 6.61 Å². The van der Waals surface area contributed by atoms with Crippen molar-refractivity contribution in [2.75, 3.05) is 0 Å². The molecule has 3 nitrogen and oxygen atoms in total. The lowest BCUT2D eigenvalue weighted by atomic mass is 10.1. The highest BCUT2D eigenvalue weighted by Gasteiger charge is 2.45. The SMILES string of the molecule is Cc1ccc(CO)c2c1OC(F)(F)O2. The van der Waals surface area contributed by atoms with Crippen molar-refractivity contribution in [1.29, 1.82) is 0 Å². The second-order valence-corrected chi connectivity index (χ2v) is 3.03. The first-order valence-corrected chi connectivity index (χ1v) is 4.02. The summed E-state index contributed by atoms with van der Waals surface area (Å²) < 4.78 is 34.0. The van der Waals surface area contributed by atoms with Crippen molar-refractivity contribution in [2.24, 2.45) is 0 Å². The van der Waals surface area contributed by atoms with Crippen molar-refractivity contribution in [1.82, 2.24) is 0 Å². The van der Waals surface area contributed by atoms with Gasteiger partial charge in [0.25, 0.3) is 0 Å². The molecule has 1 heterocycles. The van der Waals surface area contributed by atoms with E-state index in [4.69, 9.17) is 5.11 Å². The van der Waals surface area contributed by atoms with Gasteiger partial charge in [0.1, 0.15) is 0 Å². The molecular weight excluding hydrogens is 194 g/mol. The van der Waals surface area contributed by atoms with Crippen LogP contribution in [0.2, 0.25) is 0 Å². The van der Waals surface area contributed by atoms with Crippen LogP contribution in [-0.2, 0) is 6.61 Å². The zero-order chi connectivity index (χ0) is 10.3. The number of aliphatic hydroxyl groups is 1. The van der Waals surface area contributed by atoms with E-state index < -0.39 is 6.29 Å². The molecule has 0 bridgehead atoms. The van der Waals surface area contributed by atoms with Crippen molar-refractivity contribution in [3.05, 3.63) is 23.3 Å². The maximum absolute atomic E-state index is 12.7. The van der Waals surface area contributed by atoms with Gasteiger partial charge in [0, 0.05) is 5.56 Å².